The van der Waals surface area contributed by atoms with Gasteiger partial charge in [-0.25, -0.2) is 21.9 Å². The molecule has 160 valence electrons. The van der Waals surface area contributed by atoms with Crippen molar-refractivity contribution in [1.29, 1.82) is 0 Å². The summed E-state index contributed by atoms with van der Waals surface area (Å²) < 4.78 is 60.7. The molecular formula is C18H19F2N5O4S. The van der Waals surface area contributed by atoms with E-state index in [9.17, 15) is 22.0 Å². The zero-order valence-electron chi connectivity index (χ0n) is 16.3. The minimum atomic E-state index is -4.31. The number of halogens is 2. The number of fused-ring (bicyclic) bond motifs is 1. The zero-order valence-corrected chi connectivity index (χ0v) is 17.1. The average molecular weight is 439 g/mol. The minimum absolute atomic E-state index is 0.0230. The fraction of sp³-hybridized carbons (Fsp3) is 0.389. The number of nitrogens with zero attached hydrogens (tertiary/aromatic N) is 5. The Balaban J connectivity index is 1.51. The lowest BCUT2D eigenvalue weighted by Crippen LogP contribution is -2.50. The van der Waals surface area contributed by atoms with E-state index in [4.69, 9.17) is 4.52 Å². The molecule has 30 heavy (non-hydrogen) atoms. The van der Waals surface area contributed by atoms with Gasteiger partial charge in [-0.1, -0.05) is 11.2 Å². The minimum Gasteiger partial charge on any atom is -0.360 e. The molecule has 0 radical (unpaired) electrons. The van der Waals surface area contributed by atoms with Crippen molar-refractivity contribution in [3.8, 4) is 0 Å². The Morgan fingerprint density at radius 1 is 1.10 bits per heavy atom. The number of rotatable bonds is 4. The lowest BCUT2D eigenvalue weighted by molar-refractivity contribution is 0.142. The van der Waals surface area contributed by atoms with Crippen LogP contribution >= 0.6 is 0 Å². The third kappa shape index (κ3) is 3.40. The largest absolute Gasteiger partial charge is 0.360 e. The Labute approximate surface area is 170 Å². The number of benzene rings is 1. The molecular weight excluding hydrogens is 420 g/mol. The number of hydrogen-bond acceptors (Lipinski definition) is 7. The highest BCUT2D eigenvalue weighted by Gasteiger charge is 2.33. The van der Waals surface area contributed by atoms with Crippen LogP contribution in [0.15, 0.2) is 32.4 Å². The second kappa shape index (κ2) is 7.52. The molecule has 12 heteroatoms. The van der Waals surface area contributed by atoms with Gasteiger partial charge in [0.1, 0.15) is 17.4 Å². The van der Waals surface area contributed by atoms with Crippen LogP contribution in [0.2, 0.25) is 0 Å². The van der Waals surface area contributed by atoms with Gasteiger partial charge in [0.25, 0.3) is 5.56 Å². The van der Waals surface area contributed by atoms with E-state index < -0.39 is 32.1 Å². The molecule has 4 rings (SSSR count). The van der Waals surface area contributed by atoms with E-state index in [1.54, 1.807) is 13.8 Å². The molecule has 1 fully saturated rings. The van der Waals surface area contributed by atoms with Crippen molar-refractivity contribution in [2.24, 2.45) is 0 Å². The summed E-state index contributed by atoms with van der Waals surface area (Å²) >= 11 is 0. The predicted molar refractivity (Wildman–Crippen MR) is 102 cm³/mol. The van der Waals surface area contributed by atoms with Crippen molar-refractivity contribution in [2.75, 3.05) is 26.2 Å². The molecule has 1 aliphatic heterocycles. The fourth-order valence-corrected chi connectivity index (χ4v) is 5.13. The van der Waals surface area contributed by atoms with Crippen LogP contribution in [0.1, 0.15) is 11.5 Å². The molecule has 0 bridgehead atoms. The maximum atomic E-state index is 14.0. The van der Waals surface area contributed by atoms with Crippen LogP contribution in [-0.2, 0) is 16.7 Å². The van der Waals surface area contributed by atoms with E-state index in [0.717, 1.165) is 22.5 Å². The van der Waals surface area contributed by atoms with Crippen molar-refractivity contribution < 1.29 is 21.7 Å². The average Bonchev–Trinajstić information content (AvgIpc) is 3.08. The molecule has 2 aromatic heterocycles. The van der Waals surface area contributed by atoms with E-state index >= 15 is 0 Å². The highest BCUT2D eigenvalue weighted by atomic mass is 32.2. The smallest absolute Gasteiger partial charge is 0.298 e. The van der Waals surface area contributed by atoms with Gasteiger partial charge in [-0.2, -0.15) is 9.40 Å². The summed E-state index contributed by atoms with van der Waals surface area (Å²) in [5.41, 5.74) is 0.381. The van der Waals surface area contributed by atoms with Crippen molar-refractivity contribution in [3.63, 3.8) is 0 Å². The summed E-state index contributed by atoms with van der Waals surface area (Å²) in [5.74, 6) is -1.74. The van der Waals surface area contributed by atoms with Crippen molar-refractivity contribution >= 4 is 20.9 Å². The van der Waals surface area contributed by atoms with Gasteiger partial charge in [0, 0.05) is 26.2 Å². The summed E-state index contributed by atoms with van der Waals surface area (Å²) in [6.07, 6.45) is 0. The standard InChI is InChI=1S/C18H19F2N5O4S/c1-11-15-12(2)29-22-16(15)18(26)25(21-11)10-23-6-8-24(9-7-23)30(27,28)17-13(19)4-3-5-14(17)20/h3-5H,6-10H2,1-2H3. The first-order chi connectivity index (χ1) is 14.2. The Morgan fingerprint density at radius 3 is 2.37 bits per heavy atom. The molecule has 0 aliphatic carbocycles. The van der Waals surface area contributed by atoms with Crippen molar-refractivity contribution in [3.05, 3.63) is 51.6 Å². The number of hydrogen-bond donors (Lipinski definition) is 0. The molecule has 0 unspecified atom stereocenters. The Bertz CT molecular complexity index is 1260. The van der Waals surface area contributed by atoms with Gasteiger partial charge in [0.05, 0.1) is 17.7 Å². The molecule has 1 aromatic carbocycles. The van der Waals surface area contributed by atoms with E-state index in [0.29, 0.717) is 16.8 Å². The molecule has 0 amide bonds. The second-order valence-electron chi connectivity index (χ2n) is 7.07. The van der Waals surface area contributed by atoms with Gasteiger partial charge < -0.3 is 4.52 Å². The van der Waals surface area contributed by atoms with E-state index in [1.165, 1.54) is 4.68 Å². The van der Waals surface area contributed by atoms with E-state index in [1.807, 2.05) is 4.90 Å². The normalized spacial score (nSPS) is 16.4. The van der Waals surface area contributed by atoms with Gasteiger partial charge in [-0.05, 0) is 26.0 Å². The van der Waals surface area contributed by atoms with Gasteiger partial charge in [0.2, 0.25) is 10.0 Å². The van der Waals surface area contributed by atoms with Crippen LogP contribution in [0.3, 0.4) is 0 Å². The molecule has 0 saturated carbocycles. The van der Waals surface area contributed by atoms with Gasteiger partial charge in [-0.3, -0.25) is 9.69 Å². The fourth-order valence-electron chi connectivity index (χ4n) is 3.60. The van der Waals surface area contributed by atoms with Crippen LogP contribution < -0.4 is 5.56 Å². The maximum Gasteiger partial charge on any atom is 0.298 e. The number of piperazine rings is 1. The molecule has 3 heterocycles. The highest BCUT2D eigenvalue weighted by Crippen LogP contribution is 2.23. The van der Waals surface area contributed by atoms with Crippen LogP contribution in [-0.4, -0.2) is 58.7 Å². The van der Waals surface area contributed by atoms with Gasteiger partial charge in [0.15, 0.2) is 10.4 Å². The molecule has 0 spiro atoms. The lowest BCUT2D eigenvalue weighted by Gasteiger charge is -2.33. The lowest BCUT2D eigenvalue weighted by atomic mass is 10.2. The third-order valence-electron chi connectivity index (χ3n) is 5.11. The summed E-state index contributed by atoms with van der Waals surface area (Å²) in [5, 5.41) is 8.68. The summed E-state index contributed by atoms with van der Waals surface area (Å²) in [4.78, 5) is 13.5. The molecule has 3 aromatic rings. The Kier molecular flexibility index (Phi) is 5.16. The Morgan fingerprint density at radius 2 is 1.73 bits per heavy atom. The summed E-state index contributed by atoms with van der Waals surface area (Å²) in [6.45, 7) is 4.15. The van der Waals surface area contributed by atoms with Crippen LogP contribution in [0.4, 0.5) is 8.78 Å². The SMILES string of the molecule is Cc1nn(CN2CCN(S(=O)(=O)c3c(F)cccc3F)CC2)c(=O)c2noc(C)c12. The first-order valence-corrected chi connectivity index (χ1v) is 10.6. The Hall–Kier alpha value is -2.70. The van der Waals surface area contributed by atoms with Gasteiger partial charge in [-0.15, -0.1) is 0 Å². The topological polar surface area (TPSA) is 102 Å². The van der Waals surface area contributed by atoms with E-state index in [2.05, 4.69) is 10.3 Å². The third-order valence-corrected chi connectivity index (χ3v) is 7.07. The summed E-state index contributed by atoms with van der Waals surface area (Å²) in [6, 6.07) is 2.93. The molecule has 0 N–H and O–H groups in total. The molecule has 9 nitrogen and oxygen atoms in total. The first-order valence-electron chi connectivity index (χ1n) is 9.20. The van der Waals surface area contributed by atoms with Crippen LogP contribution in [0.5, 0.6) is 0 Å². The van der Waals surface area contributed by atoms with Crippen molar-refractivity contribution in [1.82, 2.24) is 24.1 Å². The number of aromatic nitrogens is 3. The highest BCUT2D eigenvalue weighted by molar-refractivity contribution is 7.89. The second-order valence-corrected chi connectivity index (χ2v) is 8.94. The summed E-state index contributed by atoms with van der Waals surface area (Å²) in [7, 11) is -4.31. The number of sulfonamides is 1. The van der Waals surface area contributed by atoms with Gasteiger partial charge >= 0.3 is 0 Å². The quantitative estimate of drug-likeness (QED) is 0.603. The van der Waals surface area contributed by atoms with Crippen LogP contribution in [0, 0.1) is 25.5 Å². The zero-order chi connectivity index (χ0) is 21.6. The predicted octanol–water partition coefficient (Wildman–Crippen LogP) is 1.24. The molecule has 0 atom stereocenters. The first kappa shape index (κ1) is 20.6. The van der Waals surface area contributed by atoms with Crippen LogP contribution in [0.25, 0.3) is 10.9 Å². The monoisotopic (exact) mass is 439 g/mol. The van der Waals surface area contributed by atoms with Crippen molar-refractivity contribution in [2.45, 2.75) is 25.4 Å². The molecule has 1 aliphatic rings. The molecule has 1 saturated heterocycles. The van der Waals surface area contributed by atoms with E-state index in [-0.39, 0.29) is 38.4 Å². The number of aryl methyl sites for hydroxylation is 2. The maximum absolute atomic E-state index is 14.0.